The third kappa shape index (κ3) is 4.28. The lowest BCUT2D eigenvalue weighted by molar-refractivity contribution is 0.905. The number of aryl methyl sites for hydroxylation is 4. The van der Waals surface area contributed by atoms with Crippen LogP contribution in [0.3, 0.4) is 0 Å². The summed E-state index contributed by atoms with van der Waals surface area (Å²) in [6, 6.07) is 13.2. The maximum Gasteiger partial charge on any atom is 0.0370 e. The third-order valence-corrected chi connectivity index (χ3v) is 4.25. The predicted molar refractivity (Wildman–Crippen MR) is 95.8 cm³/mol. The Morgan fingerprint density at radius 3 is 2.38 bits per heavy atom. The van der Waals surface area contributed by atoms with E-state index in [-0.39, 0.29) is 0 Å². The van der Waals surface area contributed by atoms with Gasteiger partial charge in [-0.1, -0.05) is 31.5 Å². The summed E-state index contributed by atoms with van der Waals surface area (Å²) in [5, 5.41) is 3.31. The number of rotatable bonds is 6. The van der Waals surface area contributed by atoms with Gasteiger partial charge in [0.15, 0.2) is 0 Å². The molecule has 0 fully saturated rings. The van der Waals surface area contributed by atoms with Gasteiger partial charge in [-0.05, 0) is 66.6 Å². The lowest BCUT2D eigenvalue weighted by Crippen LogP contribution is -2.00. The van der Waals surface area contributed by atoms with Crippen molar-refractivity contribution in [3.05, 3.63) is 58.7 Å². The first-order valence-electron chi connectivity index (χ1n) is 7.72. The lowest BCUT2D eigenvalue weighted by atomic mass is 9.97. The Bertz CT molecular complexity index is 605. The molecule has 2 rings (SSSR count). The lowest BCUT2D eigenvalue weighted by Gasteiger charge is -2.12. The normalized spacial score (nSPS) is 10.7. The second-order valence-electron chi connectivity index (χ2n) is 5.60. The molecule has 0 spiro atoms. The zero-order valence-corrected chi connectivity index (χ0v) is 14.1. The molecule has 2 heteroatoms. The van der Waals surface area contributed by atoms with Crippen LogP contribution in [0.15, 0.2) is 41.3 Å². The number of hydrogen-bond donors (Lipinski definition) is 2. The minimum atomic E-state index is 1.04. The van der Waals surface area contributed by atoms with Crippen molar-refractivity contribution in [2.24, 2.45) is 0 Å². The Morgan fingerprint density at radius 1 is 0.952 bits per heavy atom. The van der Waals surface area contributed by atoms with Gasteiger partial charge in [-0.25, -0.2) is 0 Å². The second-order valence-corrected chi connectivity index (χ2v) is 6.12. The zero-order valence-electron chi connectivity index (χ0n) is 13.2. The summed E-state index contributed by atoms with van der Waals surface area (Å²) in [6.45, 7) is 4.40. The molecule has 0 bridgehead atoms. The highest BCUT2D eigenvalue weighted by molar-refractivity contribution is 7.80. The van der Waals surface area contributed by atoms with Gasteiger partial charge in [-0.3, -0.25) is 0 Å². The molecule has 0 aromatic heterocycles. The third-order valence-electron chi connectivity index (χ3n) is 3.97. The Kier molecular flexibility index (Phi) is 5.75. The smallest absolute Gasteiger partial charge is 0.0370 e. The Morgan fingerprint density at radius 2 is 1.71 bits per heavy atom. The minimum Gasteiger partial charge on any atom is -0.388 e. The molecule has 0 aliphatic rings. The Labute approximate surface area is 134 Å². The van der Waals surface area contributed by atoms with Crippen LogP contribution in [0.25, 0.3) is 0 Å². The summed E-state index contributed by atoms with van der Waals surface area (Å²) in [4.78, 5) is 1.04. The molecule has 1 N–H and O–H groups in total. The predicted octanol–water partition coefficient (Wildman–Crippen LogP) is 5.06. The van der Waals surface area contributed by atoms with Gasteiger partial charge < -0.3 is 5.32 Å². The van der Waals surface area contributed by atoms with Crippen molar-refractivity contribution in [3.63, 3.8) is 0 Å². The van der Waals surface area contributed by atoms with E-state index in [0.717, 1.165) is 24.2 Å². The van der Waals surface area contributed by atoms with E-state index in [1.54, 1.807) is 0 Å². The van der Waals surface area contributed by atoms with Crippen LogP contribution in [0.5, 0.6) is 0 Å². The number of nitrogens with one attached hydrogen (secondary N) is 1. The van der Waals surface area contributed by atoms with Crippen LogP contribution in [-0.2, 0) is 19.3 Å². The minimum absolute atomic E-state index is 1.04. The number of hydrogen-bond acceptors (Lipinski definition) is 2. The monoisotopic (exact) mass is 299 g/mol. The van der Waals surface area contributed by atoms with Crippen LogP contribution >= 0.6 is 12.6 Å². The van der Waals surface area contributed by atoms with E-state index >= 15 is 0 Å². The van der Waals surface area contributed by atoms with Crippen LogP contribution in [0.2, 0.25) is 0 Å². The van der Waals surface area contributed by atoms with Gasteiger partial charge in [0.2, 0.25) is 0 Å². The van der Waals surface area contributed by atoms with Crippen molar-refractivity contribution in [2.75, 3.05) is 12.4 Å². The van der Waals surface area contributed by atoms with Gasteiger partial charge in [-0.2, -0.15) is 0 Å². The fourth-order valence-electron chi connectivity index (χ4n) is 2.77. The van der Waals surface area contributed by atoms with Crippen LogP contribution < -0.4 is 5.32 Å². The first-order chi connectivity index (χ1) is 10.1. The Hall–Kier alpha value is -1.41. The summed E-state index contributed by atoms with van der Waals surface area (Å²) in [6.07, 6.45) is 4.50. The van der Waals surface area contributed by atoms with Crippen molar-refractivity contribution in [1.29, 1.82) is 0 Å². The molecule has 1 nitrogen and oxygen atoms in total. The van der Waals surface area contributed by atoms with Crippen molar-refractivity contribution in [2.45, 2.75) is 44.4 Å². The van der Waals surface area contributed by atoms with Gasteiger partial charge in [0.1, 0.15) is 0 Å². The standard InChI is InChI=1S/C19H25NS/c1-4-5-15-6-11-19(20-3)17(13-15)8-7-16-9-10-18(21)12-14(16)2/h6,9-13,20-21H,4-5,7-8H2,1-3H3. The van der Waals surface area contributed by atoms with Gasteiger partial charge in [0.25, 0.3) is 0 Å². The summed E-state index contributed by atoms with van der Waals surface area (Å²) in [7, 11) is 2.00. The molecule has 0 amide bonds. The van der Waals surface area contributed by atoms with Crippen molar-refractivity contribution < 1.29 is 0 Å². The zero-order chi connectivity index (χ0) is 15.2. The summed E-state index contributed by atoms with van der Waals surface area (Å²) in [5.41, 5.74) is 6.85. The first-order valence-corrected chi connectivity index (χ1v) is 8.16. The van der Waals surface area contributed by atoms with Crippen LogP contribution in [0, 0.1) is 6.92 Å². The molecule has 0 aliphatic carbocycles. The largest absolute Gasteiger partial charge is 0.388 e. The Balaban J connectivity index is 2.16. The average Bonchev–Trinajstić information content (AvgIpc) is 2.47. The second kappa shape index (κ2) is 7.56. The average molecular weight is 299 g/mol. The fraction of sp³-hybridized carbons (Fsp3) is 0.368. The van der Waals surface area contributed by atoms with Crippen molar-refractivity contribution in [1.82, 2.24) is 0 Å². The van der Waals surface area contributed by atoms with Gasteiger partial charge in [0, 0.05) is 17.6 Å². The molecular formula is C19H25NS. The van der Waals surface area contributed by atoms with E-state index in [1.165, 1.54) is 34.4 Å². The summed E-state index contributed by atoms with van der Waals surface area (Å²) in [5.74, 6) is 0. The van der Waals surface area contributed by atoms with Gasteiger partial charge in [0.05, 0.1) is 0 Å². The quantitative estimate of drug-likeness (QED) is 0.710. The molecule has 0 aliphatic heterocycles. The van der Waals surface area contributed by atoms with Crippen LogP contribution in [0.4, 0.5) is 5.69 Å². The number of benzene rings is 2. The highest BCUT2D eigenvalue weighted by Crippen LogP contribution is 2.22. The van der Waals surface area contributed by atoms with E-state index in [1.807, 2.05) is 7.05 Å². The number of thiol groups is 1. The van der Waals surface area contributed by atoms with Crippen LogP contribution in [-0.4, -0.2) is 7.05 Å². The van der Waals surface area contributed by atoms with Gasteiger partial charge in [-0.15, -0.1) is 12.6 Å². The van der Waals surface area contributed by atoms with E-state index in [9.17, 15) is 0 Å². The maximum atomic E-state index is 4.40. The molecule has 0 heterocycles. The molecule has 0 atom stereocenters. The molecule has 21 heavy (non-hydrogen) atoms. The highest BCUT2D eigenvalue weighted by atomic mass is 32.1. The summed E-state index contributed by atoms with van der Waals surface area (Å²) < 4.78 is 0. The molecular weight excluding hydrogens is 274 g/mol. The van der Waals surface area contributed by atoms with E-state index in [0.29, 0.717) is 0 Å². The molecule has 112 valence electrons. The van der Waals surface area contributed by atoms with Crippen molar-refractivity contribution in [3.8, 4) is 0 Å². The van der Waals surface area contributed by atoms with E-state index in [4.69, 9.17) is 0 Å². The molecule has 2 aromatic carbocycles. The molecule has 2 aromatic rings. The first kappa shape index (κ1) is 16.0. The topological polar surface area (TPSA) is 12.0 Å². The van der Waals surface area contributed by atoms with Gasteiger partial charge >= 0.3 is 0 Å². The van der Waals surface area contributed by atoms with Crippen molar-refractivity contribution >= 4 is 18.3 Å². The van der Waals surface area contributed by atoms with E-state index < -0.39 is 0 Å². The summed E-state index contributed by atoms with van der Waals surface area (Å²) >= 11 is 4.40. The molecule has 0 saturated heterocycles. The highest BCUT2D eigenvalue weighted by Gasteiger charge is 2.05. The number of anilines is 1. The molecule has 0 unspecified atom stereocenters. The SMILES string of the molecule is CCCc1ccc(NC)c(CCc2ccc(S)cc2C)c1. The van der Waals surface area contributed by atoms with E-state index in [2.05, 4.69) is 68.2 Å². The van der Waals surface area contributed by atoms with Crippen LogP contribution in [0.1, 0.15) is 35.6 Å². The molecule has 0 saturated carbocycles. The molecule has 0 radical (unpaired) electrons. The maximum absolute atomic E-state index is 4.40. The fourth-order valence-corrected chi connectivity index (χ4v) is 3.04.